The number of likely N-dealkylation sites (tertiary alicyclic amines) is 1. The van der Waals surface area contributed by atoms with Gasteiger partial charge in [-0.2, -0.15) is 0 Å². The van der Waals surface area contributed by atoms with E-state index in [1.54, 1.807) is 14.2 Å². The number of likely N-dealkylation sites (N-methyl/N-ethyl adjacent to an activating group) is 1. The number of nitrogens with one attached hydrogen (secondary N) is 1. The zero-order chi connectivity index (χ0) is 30.0. The fourth-order valence-corrected chi connectivity index (χ4v) is 8.86. The van der Waals surface area contributed by atoms with Crippen LogP contribution in [0.25, 0.3) is 22.2 Å². The topological polar surface area (TPSA) is 66.8 Å². The van der Waals surface area contributed by atoms with Gasteiger partial charge >= 0.3 is 0 Å². The fourth-order valence-electron chi connectivity index (χ4n) is 8.86. The Morgan fingerprint density at radius 2 is 1.84 bits per heavy atom. The van der Waals surface area contributed by atoms with Crippen molar-refractivity contribution in [2.45, 2.75) is 88.8 Å². The fraction of sp³-hybridized carbons (Fsp3) is 0.556. The lowest BCUT2D eigenvalue weighted by Gasteiger charge is -2.34. The molecule has 228 valence electrons. The van der Waals surface area contributed by atoms with Gasteiger partial charge in [0.1, 0.15) is 5.75 Å². The van der Waals surface area contributed by atoms with Crippen molar-refractivity contribution in [3.8, 4) is 17.0 Å². The first-order valence-electron chi connectivity index (χ1n) is 16.3. The third-order valence-electron chi connectivity index (χ3n) is 11.0. The maximum atomic E-state index is 15.0. The molecule has 3 aromatic rings. The highest BCUT2D eigenvalue weighted by Gasteiger charge is 2.65. The summed E-state index contributed by atoms with van der Waals surface area (Å²) in [5, 5.41) is 4.05. The lowest BCUT2D eigenvalue weighted by molar-refractivity contribution is -0.140. The Bertz CT molecular complexity index is 1580. The van der Waals surface area contributed by atoms with E-state index < -0.39 is 5.41 Å². The molecule has 0 spiro atoms. The Balaban J connectivity index is 1.45. The monoisotopic (exact) mass is 582 g/mol. The van der Waals surface area contributed by atoms with Crippen LogP contribution in [0.2, 0.25) is 0 Å². The summed E-state index contributed by atoms with van der Waals surface area (Å²) >= 11 is 0. The van der Waals surface area contributed by atoms with Gasteiger partial charge in [0.2, 0.25) is 5.91 Å². The molecule has 3 heterocycles. The number of amides is 2. The average molecular weight is 583 g/mol. The van der Waals surface area contributed by atoms with E-state index in [0.717, 1.165) is 37.1 Å². The van der Waals surface area contributed by atoms with Crippen molar-refractivity contribution in [1.82, 2.24) is 19.7 Å². The second kappa shape index (κ2) is 10.7. The molecular formula is C36H46N4O3. The Morgan fingerprint density at radius 1 is 1.05 bits per heavy atom. The molecule has 0 radical (unpaired) electrons. The summed E-state index contributed by atoms with van der Waals surface area (Å²) in [5.41, 5.74) is 6.38. The second-order valence-electron chi connectivity index (χ2n) is 13.9. The molecule has 1 N–H and O–H groups in total. The highest BCUT2D eigenvalue weighted by molar-refractivity contribution is 6.01. The normalized spacial score (nSPS) is 26.6. The molecule has 2 saturated carbocycles. The van der Waals surface area contributed by atoms with Crippen LogP contribution >= 0.6 is 0 Å². The van der Waals surface area contributed by atoms with E-state index >= 15 is 0 Å². The minimum absolute atomic E-state index is 0.0806. The lowest BCUT2D eigenvalue weighted by Crippen LogP contribution is -2.48. The average Bonchev–Trinajstić information content (AvgIpc) is 3.56. The van der Waals surface area contributed by atoms with E-state index in [-0.39, 0.29) is 23.9 Å². The van der Waals surface area contributed by atoms with Crippen LogP contribution in [-0.2, 0) is 11.3 Å². The molecule has 43 heavy (non-hydrogen) atoms. The number of ether oxygens (including phenoxy) is 1. The lowest BCUT2D eigenvalue weighted by atomic mass is 9.81. The second-order valence-corrected chi connectivity index (χ2v) is 13.9. The molecule has 4 unspecified atom stereocenters. The van der Waals surface area contributed by atoms with Crippen LogP contribution in [-0.4, -0.2) is 73.1 Å². The Morgan fingerprint density at radius 3 is 2.56 bits per heavy atom. The number of fused-ring (bicyclic) bond motifs is 7. The van der Waals surface area contributed by atoms with E-state index in [1.807, 2.05) is 6.07 Å². The number of rotatable bonds is 6. The first kappa shape index (κ1) is 28.5. The van der Waals surface area contributed by atoms with Crippen LogP contribution in [0.15, 0.2) is 36.4 Å². The van der Waals surface area contributed by atoms with E-state index in [4.69, 9.17) is 4.74 Å². The zero-order valence-corrected chi connectivity index (χ0v) is 26.4. The quantitative estimate of drug-likeness (QED) is 0.379. The third-order valence-corrected chi connectivity index (χ3v) is 11.0. The van der Waals surface area contributed by atoms with Gasteiger partial charge in [0.05, 0.1) is 18.2 Å². The minimum atomic E-state index is -0.506. The predicted octanol–water partition coefficient (Wildman–Crippen LogP) is 6.15. The van der Waals surface area contributed by atoms with Crippen molar-refractivity contribution in [3.63, 3.8) is 0 Å². The van der Waals surface area contributed by atoms with Crippen molar-refractivity contribution in [3.05, 3.63) is 53.1 Å². The minimum Gasteiger partial charge on any atom is -0.497 e. The zero-order valence-electron chi connectivity index (χ0n) is 26.4. The molecule has 2 amide bonds. The number of hydrogen-bond donors (Lipinski definition) is 1. The van der Waals surface area contributed by atoms with Crippen molar-refractivity contribution in [2.24, 2.45) is 5.41 Å². The molecule has 4 aliphatic rings. The molecule has 4 atom stereocenters. The standard InChI is InChI=1S/C36H46N4O3/c1-22-11-13-25(20-38(3)4)40(22)35(42)36-19-30(36)29-18-26(43-5)14-16-27(29)33-32(23-9-7-6-8-10-23)28-15-12-24(34(41)37-2)17-31(28)39(33)21-36/h12,14-18,22-23,25,30H,6-11,13,19-21H2,1-5H3,(H,37,41). The van der Waals surface area contributed by atoms with Crippen molar-refractivity contribution in [1.29, 1.82) is 0 Å². The van der Waals surface area contributed by atoms with Crippen LogP contribution in [0.5, 0.6) is 5.75 Å². The van der Waals surface area contributed by atoms with Gasteiger partial charge in [-0.15, -0.1) is 0 Å². The molecule has 0 bridgehead atoms. The summed E-state index contributed by atoms with van der Waals surface area (Å²) in [6.07, 6.45) is 9.09. The predicted molar refractivity (Wildman–Crippen MR) is 171 cm³/mol. The van der Waals surface area contributed by atoms with Gasteiger partial charge in [0.15, 0.2) is 0 Å². The number of methoxy groups -OCH3 is 1. The molecule has 2 aliphatic carbocycles. The van der Waals surface area contributed by atoms with Crippen molar-refractivity contribution < 1.29 is 14.3 Å². The molecule has 1 saturated heterocycles. The van der Waals surface area contributed by atoms with Crippen LogP contribution in [0.3, 0.4) is 0 Å². The van der Waals surface area contributed by atoms with Gasteiger partial charge in [0.25, 0.3) is 5.91 Å². The summed E-state index contributed by atoms with van der Waals surface area (Å²) in [6, 6.07) is 13.2. The van der Waals surface area contributed by atoms with Crippen LogP contribution in [0.4, 0.5) is 0 Å². The molecule has 7 heteroatoms. The van der Waals surface area contributed by atoms with Crippen molar-refractivity contribution in [2.75, 3.05) is 34.8 Å². The summed E-state index contributed by atoms with van der Waals surface area (Å²) < 4.78 is 8.20. The summed E-state index contributed by atoms with van der Waals surface area (Å²) in [5.74, 6) is 1.69. The van der Waals surface area contributed by atoms with Crippen molar-refractivity contribution >= 4 is 22.7 Å². The molecule has 1 aromatic heterocycles. The van der Waals surface area contributed by atoms with Gasteiger partial charge < -0.3 is 24.4 Å². The smallest absolute Gasteiger partial charge is 0.251 e. The highest BCUT2D eigenvalue weighted by atomic mass is 16.5. The number of hydrogen-bond acceptors (Lipinski definition) is 4. The molecule has 3 fully saturated rings. The molecule has 7 nitrogen and oxygen atoms in total. The summed E-state index contributed by atoms with van der Waals surface area (Å²) in [4.78, 5) is 32.3. The SMILES string of the molecule is CNC(=O)c1ccc2c(C3CCCCC3)c3n(c2c1)CC1(C(=O)N2C(C)CCC2CN(C)C)CC1c1cc(OC)ccc1-3. The number of benzene rings is 2. The number of carbonyl (C=O) groups is 2. The molecule has 2 aromatic carbocycles. The van der Waals surface area contributed by atoms with E-state index in [0.29, 0.717) is 23.9 Å². The van der Waals surface area contributed by atoms with Crippen LogP contribution in [0.1, 0.15) is 91.6 Å². The Hall–Kier alpha value is -3.32. The summed E-state index contributed by atoms with van der Waals surface area (Å²) in [7, 11) is 7.62. The Labute approximate surface area is 255 Å². The van der Waals surface area contributed by atoms with Gasteiger partial charge in [-0.25, -0.2) is 0 Å². The highest BCUT2D eigenvalue weighted by Crippen LogP contribution is 2.66. The molecule has 7 rings (SSSR count). The maximum absolute atomic E-state index is 15.0. The third kappa shape index (κ3) is 4.49. The first-order chi connectivity index (χ1) is 20.8. The van der Waals surface area contributed by atoms with E-state index in [9.17, 15) is 9.59 Å². The van der Waals surface area contributed by atoms with E-state index in [2.05, 4.69) is 71.0 Å². The molecular weight excluding hydrogens is 536 g/mol. The Kier molecular flexibility index (Phi) is 7.07. The van der Waals surface area contributed by atoms with Gasteiger partial charge in [0, 0.05) is 60.2 Å². The van der Waals surface area contributed by atoms with Gasteiger partial charge in [-0.05, 0) is 100 Å². The van der Waals surface area contributed by atoms with Crippen LogP contribution < -0.4 is 10.1 Å². The molecule has 2 aliphatic heterocycles. The van der Waals surface area contributed by atoms with Gasteiger partial charge in [-0.3, -0.25) is 9.59 Å². The largest absolute Gasteiger partial charge is 0.497 e. The van der Waals surface area contributed by atoms with E-state index in [1.165, 1.54) is 59.9 Å². The van der Waals surface area contributed by atoms with Gasteiger partial charge in [-0.1, -0.05) is 25.3 Å². The number of aromatic nitrogens is 1. The first-order valence-corrected chi connectivity index (χ1v) is 16.3. The number of nitrogens with zero attached hydrogens (tertiary/aromatic N) is 3. The summed E-state index contributed by atoms with van der Waals surface area (Å²) in [6.45, 7) is 3.75. The number of carbonyl (C=O) groups excluding carboxylic acids is 2. The van der Waals surface area contributed by atoms with Crippen LogP contribution in [0, 0.1) is 5.41 Å². The maximum Gasteiger partial charge on any atom is 0.251 e.